The Bertz CT molecular complexity index is 318. The second-order valence-corrected chi connectivity index (χ2v) is 7.61. The molecule has 1 aliphatic rings. The third-order valence-electron chi connectivity index (χ3n) is 2.76. The van der Waals surface area contributed by atoms with Gasteiger partial charge in [-0.15, -0.1) is 0 Å². The van der Waals surface area contributed by atoms with Crippen LogP contribution in [0.4, 0.5) is 0 Å². The maximum absolute atomic E-state index is 12.2. The molecule has 1 saturated heterocycles. The molecule has 1 rings (SSSR count). The van der Waals surface area contributed by atoms with Gasteiger partial charge in [-0.3, -0.25) is 4.57 Å². The highest BCUT2D eigenvalue weighted by Crippen LogP contribution is 2.48. The number of rotatable bonds is 6. The smallest absolute Gasteiger partial charge is 0.328 e. The Morgan fingerprint density at radius 2 is 1.84 bits per heavy atom. The van der Waals surface area contributed by atoms with Crippen molar-refractivity contribution in [3.8, 4) is 0 Å². The van der Waals surface area contributed by atoms with Crippen LogP contribution in [-0.2, 0) is 23.1 Å². The van der Waals surface area contributed by atoms with Crippen LogP contribution in [0.2, 0.25) is 0 Å². The normalized spacial score (nSPS) is 31.7. The van der Waals surface area contributed by atoms with Crippen molar-refractivity contribution in [2.24, 2.45) is 0 Å². The maximum Gasteiger partial charge on any atom is 0.328 e. The summed E-state index contributed by atoms with van der Waals surface area (Å²) in [6, 6.07) is 0. The van der Waals surface area contributed by atoms with Crippen molar-refractivity contribution in [1.82, 2.24) is 0 Å². The minimum absolute atomic E-state index is 0.0137. The molecule has 1 aliphatic heterocycles. The topological polar surface area (TPSA) is 54.0 Å². The average molecular weight is 294 g/mol. The minimum Gasteiger partial charge on any atom is -0.373 e. The molecule has 5 nitrogen and oxygen atoms in total. The summed E-state index contributed by atoms with van der Waals surface area (Å²) < 4.78 is 34.6. The highest BCUT2D eigenvalue weighted by molar-refractivity contribution is 7.53. The van der Waals surface area contributed by atoms with Crippen molar-refractivity contribution in [3.63, 3.8) is 0 Å². The third kappa shape index (κ3) is 6.37. The molecule has 1 heterocycles. The molecule has 0 aromatic rings. The summed E-state index contributed by atoms with van der Waals surface area (Å²) in [6.45, 7) is 11.6. The second-order valence-electron chi connectivity index (χ2n) is 5.65. The molecule has 0 N–H and O–H groups in total. The third-order valence-corrected chi connectivity index (χ3v) is 4.22. The van der Waals surface area contributed by atoms with Gasteiger partial charge in [0.15, 0.2) is 0 Å². The van der Waals surface area contributed by atoms with E-state index in [2.05, 4.69) is 0 Å². The SMILES string of the molecule is CC(C)OC1COC(C)C(OP(C)(=O)OC(C)C)C1. The molecule has 19 heavy (non-hydrogen) atoms. The zero-order chi connectivity index (χ0) is 14.6. The molecule has 0 amide bonds. The molecule has 0 spiro atoms. The van der Waals surface area contributed by atoms with Crippen molar-refractivity contribution in [2.45, 2.75) is 71.6 Å². The van der Waals surface area contributed by atoms with E-state index in [4.69, 9.17) is 18.5 Å². The van der Waals surface area contributed by atoms with Crippen molar-refractivity contribution >= 4 is 7.60 Å². The summed E-state index contributed by atoms with van der Waals surface area (Å²) in [5, 5.41) is 0. The van der Waals surface area contributed by atoms with Crippen LogP contribution in [-0.4, -0.2) is 43.8 Å². The van der Waals surface area contributed by atoms with E-state index in [1.807, 2.05) is 34.6 Å². The molecular formula is C13H27O5P. The average Bonchev–Trinajstić information content (AvgIpc) is 2.19. The van der Waals surface area contributed by atoms with E-state index in [-0.39, 0.29) is 30.5 Å². The lowest BCUT2D eigenvalue weighted by atomic mass is 10.0. The summed E-state index contributed by atoms with van der Waals surface area (Å²) in [4.78, 5) is 0. The fourth-order valence-electron chi connectivity index (χ4n) is 2.15. The largest absolute Gasteiger partial charge is 0.373 e. The van der Waals surface area contributed by atoms with Gasteiger partial charge in [0.25, 0.3) is 0 Å². The maximum atomic E-state index is 12.2. The minimum atomic E-state index is -3.05. The first-order chi connectivity index (χ1) is 8.69. The Kier molecular flexibility index (Phi) is 6.48. The van der Waals surface area contributed by atoms with E-state index in [1.165, 1.54) is 6.66 Å². The Morgan fingerprint density at radius 3 is 2.37 bits per heavy atom. The van der Waals surface area contributed by atoms with Gasteiger partial charge in [0.05, 0.1) is 37.1 Å². The van der Waals surface area contributed by atoms with Gasteiger partial charge in [-0.25, -0.2) is 0 Å². The van der Waals surface area contributed by atoms with Gasteiger partial charge in [0.1, 0.15) is 0 Å². The van der Waals surface area contributed by atoms with Crippen molar-refractivity contribution in [1.29, 1.82) is 0 Å². The van der Waals surface area contributed by atoms with Gasteiger partial charge in [0, 0.05) is 13.1 Å². The van der Waals surface area contributed by atoms with E-state index in [9.17, 15) is 4.57 Å². The van der Waals surface area contributed by atoms with Gasteiger partial charge in [-0.1, -0.05) is 0 Å². The van der Waals surface area contributed by atoms with Crippen LogP contribution in [0.25, 0.3) is 0 Å². The van der Waals surface area contributed by atoms with E-state index < -0.39 is 7.60 Å². The molecule has 0 saturated carbocycles. The Hall–Kier alpha value is 0.0700. The Morgan fingerprint density at radius 1 is 1.21 bits per heavy atom. The lowest BCUT2D eigenvalue weighted by molar-refractivity contribution is -0.140. The molecule has 0 bridgehead atoms. The predicted molar refractivity (Wildman–Crippen MR) is 74.7 cm³/mol. The fraction of sp³-hybridized carbons (Fsp3) is 1.00. The zero-order valence-corrected chi connectivity index (χ0v) is 13.7. The van der Waals surface area contributed by atoms with E-state index >= 15 is 0 Å². The predicted octanol–water partition coefficient (Wildman–Crippen LogP) is 3.22. The van der Waals surface area contributed by atoms with Crippen LogP contribution >= 0.6 is 7.60 Å². The lowest BCUT2D eigenvalue weighted by Crippen LogP contribution is -2.42. The highest BCUT2D eigenvalue weighted by Gasteiger charge is 2.35. The number of ether oxygens (including phenoxy) is 2. The quantitative estimate of drug-likeness (QED) is 0.704. The molecule has 6 heteroatoms. The lowest BCUT2D eigenvalue weighted by Gasteiger charge is -2.36. The highest BCUT2D eigenvalue weighted by atomic mass is 31.2. The van der Waals surface area contributed by atoms with Crippen LogP contribution in [0.1, 0.15) is 41.0 Å². The van der Waals surface area contributed by atoms with Crippen LogP contribution in [0.3, 0.4) is 0 Å². The Labute approximate surface area is 116 Å². The van der Waals surface area contributed by atoms with Crippen LogP contribution in [0, 0.1) is 0 Å². The number of hydrogen-bond acceptors (Lipinski definition) is 5. The van der Waals surface area contributed by atoms with Crippen molar-refractivity contribution in [3.05, 3.63) is 0 Å². The van der Waals surface area contributed by atoms with Gasteiger partial charge in [-0.05, 0) is 34.6 Å². The van der Waals surface area contributed by atoms with Crippen molar-refractivity contribution < 1.29 is 23.1 Å². The molecule has 0 aliphatic carbocycles. The summed E-state index contributed by atoms with van der Waals surface area (Å²) in [6.07, 6.45) is 0.322. The summed E-state index contributed by atoms with van der Waals surface area (Å²) in [5.74, 6) is 0. The fourth-order valence-corrected chi connectivity index (χ4v) is 3.71. The summed E-state index contributed by atoms with van der Waals surface area (Å²) in [7, 11) is -3.05. The molecule has 114 valence electrons. The first-order valence-corrected chi connectivity index (χ1v) is 8.90. The van der Waals surface area contributed by atoms with E-state index in [0.29, 0.717) is 13.0 Å². The molecule has 0 radical (unpaired) electrons. The van der Waals surface area contributed by atoms with Crippen molar-refractivity contribution in [2.75, 3.05) is 13.3 Å². The van der Waals surface area contributed by atoms with Crippen LogP contribution in [0.15, 0.2) is 0 Å². The second kappa shape index (κ2) is 7.19. The summed E-state index contributed by atoms with van der Waals surface area (Å²) >= 11 is 0. The van der Waals surface area contributed by atoms with E-state index in [1.54, 1.807) is 0 Å². The monoisotopic (exact) mass is 294 g/mol. The molecule has 4 atom stereocenters. The molecule has 1 fully saturated rings. The number of hydrogen-bond donors (Lipinski definition) is 0. The standard InChI is InChI=1S/C13H27O5P/c1-9(2)16-12-7-13(11(5)15-8-12)18-19(6,14)17-10(3)4/h9-13H,7-8H2,1-6H3. The molecular weight excluding hydrogens is 267 g/mol. The molecule has 0 aromatic carbocycles. The molecule has 0 aromatic heterocycles. The van der Waals surface area contributed by atoms with Gasteiger partial charge in [0.2, 0.25) is 0 Å². The molecule has 4 unspecified atom stereocenters. The zero-order valence-electron chi connectivity index (χ0n) is 12.8. The van der Waals surface area contributed by atoms with E-state index in [0.717, 1.165) is 0 Å². The first-order valence-electron chi connectivity index (χ1n) is 6.91. The van der Waals surface area contributed by atoms with Gasteiger partial charge in [-0.2, -0.15) is 0 Å². The Balaban J connectivity index is 2.57. The van der Waals surface area contributed by atoms with Gasteiger partial charge < -0.3 is 18.5 Å². The first kappa shape index (κ1) is 17.1. The summed E-state index contributed by atoms with van der Waals surface area (Å²) in [5.41, 5.74) is 0. The van der Waals surface area contributed by atoms with Crippen LogP contribution in [0.5, 0.6) is 0 Å². The van der Waals surface area contributed by atoms with Gasteiger partial charge >= 0.3 is 7.60 Å². The van der Waals surface area contributed by atoms with Crippen LogP contribution < -0.4 is 0 Å².